The van der Waals surface area contributed by atoms with Crippen molar-refractivity contribution in [3.8, 4) is 0 Å². The lowest BCUT2D eigenvalue weighted by Crippen LogP contribution is -2.61. The summed E-state index contributed by atoms with van der Waals surface area (Å²) in [6, 6.07) is 1.34. The molecule has 1 aliphatic carbocycles. The summed E-state index contributed by atoms with van der Waals surface area (Å²) in [6.45, 7) is 5.66. The molecule has 27 heavy (non-hydrogen) atoms. The van der Waals surface area contributed by atoms with E-state index in [2.05, 4.69) is 21.0 Å². The first kappa shape index (κ1) is 20.1. The summed E-state index contributed by atoms with van der Waals surface area (Å²) in [6.07, 6.45) is 17.2. The number of fused-ring (bicyclic) bond motifs is 10. The number of hydrogen-bond acceptors (Lipinski definition) is 5. The fourth-order valence-electron chi connectivity index (χ4n) is 5.87. The van der Waals surface area contributed by atoms with Crippen molar-refractivity contribution in [1.29, 1.82) is 0 Å². The molecule has 4 aliphatic heterocycles. The van der Waals surface area contributed by atoms with Gasteiger partial charge in [0.1, 0.15) is 0 Å². The number of hydrogen-bond donors (Lipinski definition) is 3. The SMILES string of the molecule is C1CCCN2CCCC2CCC2CCC(CC2)C2NOCC(CNCC1)N2. The average molecular weight is 379 g/mol. The molecule has 3 atom stereocenters. The zero-order chi connectivity index (χ0) is 18.3. The molecule has 0 amide bonds. The fourth-order valence-corrected chi connectivity index (χ4v) is 5.87. The first-order valence-electron chi connectivity index (χ1n) is 12.0. The molecule has 0 radical (unpaired) electrons. The molecule has 0 aromatic carbocycles. The van der Waals surface area contributed by atoms with Gasteiger partial charge in [0.25, 0.3) is 0 Å². The summed E-state index contributed by atoms with van der Waals surface area (Å²) < 4.78 is 0. The van der Waals surface area contributed by atoms with Gasteiger partial charge in [-0.15, -0.1) is 0 Å². The van der Waals surface area contributed by atoms with Crippen molar-refractivity contribution >= 4 is 0 Å². The molecule has 1 saturated carbocycles. The lowest BCUT2D eigenvalue weighted by atomic mass is 9.78. The van der Waals surface area contributed by atoms with Crippen LogP contribution in [0.5, 0.6) is 0 Å². The van der Waals surface area contributed by atoms with E-state index in [0.717, 1.165) is 37.6 Å². The molecular formula is C22H42N4O. The van der Waals surface area contributed by atoms with E-state index in [0.29, 0.717) is 12.2 Å². The second-order valence-electron chi connectivity index (χ2n) is 9.58. The van der Waals surface area contributed by atoms with Crippen LogP contribution in [-0.4, -0.2) is 55.9 Å². The maximum Gasteiger partial charge on any atom is 0.0849 e. The van der Waals surface area contributed by atoms with Crippen molar-refractivity contribution in [3.05, 3.63) is 0 Å². The molecule has 4 heterocycles. The van der Waals surface area contributed by atoms with Gasteiger partial charge >= 0.3 is 0 Å². The van der Waals surface area contributed by atoms with Crippen LogP contribution in [0.2, 0.25) is 0 Å². The smallest absolute Gasteiger partial charge is 0.0849 e. The minimum absolute atomic E-state index is 0.346. The molecular weight excluding hydrogens is 336 g/mol. The monoisotopic (exact) mass is 378 g/mol. The van der Waals surface area contributed by atoms with Crippen LogP contribution < -0.4 is 16.1 Å². The largest absolute Gasteiger partial charge is 0.315 e. The van der Waals surface area contributed by atoms with Crippen molar-refractivity contribution in [2.24, 2.45) is 11.8 Å². The fraction of sp³-hybridized carbons (Fsp3) is 1.00. The Bertz CT molecular complexity index is 427. The minimum atomic E-state index is 0.346. The summed E-state index contributed by atoms with van der Waals surface area (Å²) in [5.41, 5.74) is 3.29. The third kappa shape index (κ3) is 5.89. The quantitative estimate of drug-likeness (QED) is 0.605. The van der Waals surface area contributed by atoms with Crippen LogP contribution >= 0.6 is 0 Å². The van der Waals surface area contributed by atoms with Gasteiger partial charge in [0.05, 0.1) is 12.8 Å². The highest BCUT2D eigenvalue weighted by molar-refractivity contribution is 4.86. The zero-order valence-corrected chi connectivity index (χ0v) is 17.3. The molecule has 0 aromatic rings. The number of nitrogens with zero attached hydrogens (tertiary/aromatic N) is 1. The van der Waals surface area contributed by atoms with E-state index in [1.54, 1.807) is 0 Å². The lowest BCUT2D eigenvalue weighted by Gasteiger charge is -2.39. The molecule has 4 bridgehead atoms. The van der Waals surface area contributed by atoms with Gasteiger partial charge < -0.3 is 10.2 Å². The van der Waals surface area contributed by atoms with Crippen LogP contribution in [0.15, 0.2) is 0 Å². The Morgan fingerprint density at radius 1 is 0.778 bits per heavy atom. The first-order valence-corrected chi connectivity index (χ1v) is 12.0. The normalized spacial score (nSPS) is 40.7. The molecule has 3 N–H and O–H groups in total. The molecule has 3 unspecified atom stereocenters. The highest BCUT2D eigenvalue weighted by atomic mass is 16.7. The summed E-state index contributed by atoms with van der Waals surface area (Å²) >= 11 is 0. The predicted molar refractivity (Wildman–Crippen MR) is 110 cm³/mol. The Hall–Kier alpha value is -0.200. The van der Waals surface area contributed by atoms with Gasteiger partial charge in [-0.2, -0.15) is 5.48 Å². The van der Waals surface area contributed by atoms with Crippen molar-refractivity contribution < 1.29 is 4.84 Å². The summed E-state index contributed by atoms with van der Waals surface area (Å²) in [5.74, 6) is 1.70. The highest BCUT2D eigenvalue weighted by Crippen LogP contribution is 2.35. The van der Waals surface area contributed by atoms with Gasteiger partial charge in [-0.25, -0.2) is 0 Å². The predicted octanol–water partition coefficient (Wildman–Crippen LogP) is 3.02. The van der Waals surface area contributed by atoms with Crippen molar-refractivity contribution in [2.45, 2.75) is 95.3 Å². The van der Waals surface area contributed by atoms with Crippen LogP contribution in [0.25, 0.3) is 0 Å². The van der Waals surface area contributed by atoms with Gasteiger partial charge in [-0.05, 0) is 82.8 Å². The zero-order valence-electron chi connectivity index (χ0n) is 17.3. The van der Waals surface area contributed by atoms with Crippen LogP contribution in [0.1, 0.15) is 77.0 Å². The number of nitrogens with one attached hydrogen (secondary N) is 3. The topological polar surface area (TPSA) is 48.6 Å². The van der Waals surface area contributed by atoms with E-state index in [1.807, 2.05) is 0 Å². The van der Waals surface area contributed by atoms with Crippen molar-refractivity contribution in [1.82, 2.24) is 21.0 Å². The maximum atomic E-state index is 5.73. The number of rotatable bonds is 0. The van der Waals surface area contributed by atoms with Gasteiger partial charge in [0.2, 0.25) is 0 Å². The summed E-state index contributed by atoms with van der Waals surface area (Å²) in [4.78, 5) is 8.56. The van der Waals surface area contributed by atoms with Crippen LogP contribution in [0.3, 0.4) is 0 Å². The Morgan fingerprint density at radius 3 is 2.52 bits per heavy atom. The third-order valence-corrected chi connectivity index (χ3v) is 7.62. The van der Waals surface area contributed by atoms with Crippen LogP contribution in [0, 0.1) is 11.8 Å². The average Bonchev–Trinajstić information content (AvgIpc) is 3.16. The van der Waals surface area contributed by atoms with Gasteiger partial charge in [-0.3, -0.25) is 10.2 Å². The van der Waals surface area contributed by atoms with E-state index in [1.165, 1.54) is 90.1 Å². The third-order valence-electron chi connectivity index (χ3n) is 7.62. The molecule has 0 spiro atoms. The van der Waals surface area contributed by atoms with Crippen molar-refractivity contribution in [3.63, 3.8) is 0 Å². The molecule has 5 fully saturated rings. The van der Waals surface area contributed by atoms with Gasteiger partial charge in [-0.1, -0.05) is 25.7 Å². The van der Waals surface area contributed by atoms with Gasteiger partial charge in [0, 0.05) is 18.6 Å². The first-order chi connectivity index (χ1) is 13.4. The second kappa shape index (κ2) is 10.5. The van der Waals surface area contributed by atoms with E-state index < -0.39 is 0 Å². The Kier molecular flexibility index (Phi) is 7.84. The van der Waals surface area contributed by atoms with Gasteiger partial charge in [0.15, 0.2) is 0 Å². The lowest BCUT2D eigenvalue weighted by molar-refractivity contribution is -0.0677. The molecule has 0 aromatic heterocycles. The van der Waals surface area contributed by atoms with E-state index in [9.17, 15) is 0 Å². The molecule has 5 heteroatoms. The molecule has 5 nitrogen and oxygen atoms in total. The Balaban J connectivity index is 1.31. The van der Waals surface area contributed by atoms with E-state index in [4.69, 9.17) is 4.84 Å². The number of hydroxylamine groups is 1. The molecule has 156 valence electrons. The van der Waals surface area contributed by atoms with E-state index >= 15 is 0 Å². The summed E-state index contributed by atoms with van der Waals surface area (Å²) in [5, 5.41) is 7.47. The molecule has 5 aliphatic rings. The van der Waals surface area contributed by atoms with E-state index in [-0.39, 0.29) is 0 Å². The Morgan fingerprint density at radius 2 is 1.59 bits per heavy atom. The Labute approximate surface area is 166 Å². The van der Waals surface area contributed by atoms with Crippen molar-refractivity contribution in [2.75, 3.05) is 32.8 Å². The molecule has 4 saturated heterocycles. The van der Waals surface area contributed by atoms with Crippen LogP contribution in [-0.2, 0) is 4.84 Å². The second-order valence-corrected chi connectivity index (χ2v) is 9.58. The highest BCUT2D eigenvalue weighted by Gasteiger charge is 2.32. The molecule has 5 rings (SSSR count). The summed E-state index contributed by atoms with van der Waals surface area (Å²) in [7, 11) is 0. The van der Waals surface area contributed by atoms with Crippen LogP contribution in [0.4, 0.5) is 0 Å². The minimum Gasteiger partial charge on any atom is -0.315 e. The maximum absolute atomic E-state index is 5.73. The standard InChI is InChI=1S/C22H42N4O/c1-2-4-14-26-15-5-6-21(26)12-9-18-7-10-19(11-8-18)22-24-20(17-27-25-22)16-23-13-3-1/h18-25H,1-17H2.